The molecule has 2 heterocycles. The van der Waals surface area contributed by atoms with Crippen LogP contribution in [0.5, 0.6) is 11.8 Å². The number of aromatic nitrogens is 2. The van der Waals surface area contributed by atoms with Crippen molar-refractivity contribution in [2.75, 3.05) is 0 Å². The van der Waals surface area contributed by atoms with Gasteiger partial charge >= 0.3 is 0 Å². The largest absolute Gasteiger partial charge is 0.494 e. The normalized spacial score (nSPS) is 21.7. The van der Waals surface area contributed by atoms with Gasteiger partial charge in [0.2, 0.25) is 11.8 Å². The number of hydrogen-bond donors (Lipinski definition) is 2. The van der Waals surface area contributed by atoms with E-state index in [9.17, 15) is 15.0 Å². The SMILES string of the molecule is Cc1ccc2cc(-n3c(O)c4c(c3O)[C@@H]3CC[C@H]4CC3=O)ccc2n1. The molecule has 2 aromatic heterocycles. The molecule has 2 atom stereocenters. The summed E-state index contributed by atoms with van der Waals surface area (Å²) in [6.07, 6.45) is 2.12. The first-order valence-corrected chi connectivity index (χ1v) is 8.61. The van der Waals surface area contributed by atoms with Crippen LogP contribution in [0.3, 0.4) is 0 Å². The highest BCUT2D eigenvalue weighted by molar-refractivity contribution is 5.91. The Morgan fingerprint density at radius 3 is 2.68 bits per heavy atom. The highest BCUT2D eigenvalue weighted by Crippen LogP contribution is 2.55. The van der Waals surface area contributed by atoms with E-state index in [4.69, 9.17) is 0 Å². The smallest absolute Gasteiger partial charge is 0.202 e. The highest BCUT2D eigenvalue weighted by atomic mass is 16.3. The maximum atomic E-state index is 12.2. The molecular formula is C20H18N2O3. The Bertz CT molecular complexity index is 1050. The Kier molecular flexibility index (Phi) is 2.82. The van der Waals surface area contributed by atoms with E-state index >= 15 is 0 Å². The Balaban J connectivity index is 1.74. The van der Waals surface area contributed by atoms with E-state index in [-0.39, 0.29) is 29.4 Å². The molecule has 3 aliphatic rings. The monoisotopic (exact) mass is 334 g/mol. The molecule has 3 aromatic rings. The quantitative estimate of drug-likeness (QED) is 0.712. The van der Waals surface area contributed by atoms with Gasteiger partial charge in [0, 0.05) is 34.5 Å². The average Bonchev–Trinajstić information content (AvgIpc) is 2.88. The van der Waals surface area contributed by atoms with Gasteiger partial charge in [-0.25, -0.2) is 0 Å². The molecule has 1 fully saturated rings. The molecule has 6 rings (SSSR count). The third-order valence-corrected chi connectivity index (χ3v) is 5.66. The third-order valence-electron chi connectivity index (χ3n) is 5.66. The first-order chi connectivity index (χ1) is 12.0. The summed E-state index contributed by atoms with van der Waals surface area (Å²) in [5.41, 5.74) is 3.88. The highest BCUT2D eigenvalue weighted by Gasteiger charge is 2.45. The van der Waals surface area contributed by atoms with Crippen molar-refractivity contribution < 1.29 is 15.0 Å². The fourth-order valence-corrected chi connectivity index (χ4v) is 4.49. The van der Waals surface area contributed by atoms with Crippen molar-refractivity contribution >= 4 is 16.7 Å². The molecule has 1 aromatic carbocycles. The van der Waals surface area contributed by atoms with E-state index in [2.05, 4.69) is 4.98 Å². The second kappa shape index (κ2) is 4.85. The van der Waals surface area contributed by atoms with Crippen LogP contribution in [-0.4, -0.2) is 25.5 Å². The minimum absolute atomic E-state index is 0.00493. The Morgan fingerprint density at radius 2 is 1.88 bits per heavy atom. The number of rotatable bonds is 1. The number of benzene rings is 1. The maximum absolute atomic E-state index is 12.2. The number of pyridine rings is 1. The van der Waals surface area contributed by atoms with Gasteiger partial charge in [-0.05, 0) is 49.9 Å². The lowest BCUT2D eigenvalue weighted by atomic mass is 9.67. The second-order valence-corrected chi connectivity index (χ2v) is 7.14. The van der Waals surface area contributed by atoms with Crippen molar-refractivity contribution in [3.8, 4) is 17.4 Å². The van der Waals surface area contributed by atoms with E-state index < -0.39 is 0 Å². The number of Topliss-reactive ketones (excluding diaryl/α,β-unsaturated/α-hetero) is 1. The van der Waals surface area contributed by atoms with Crippen molar-refractivity contribution in [3.05, 3.63) is 47.2 Å². The standard InChI is InChI=1S/C20H18N2O3/c1-10-2-3-11-8-13(5-7-15(11)21-10)22-19(24)17-12-4-6-14(16(23)9-12)18(17)20(22)25/h2-3,5,7-8,12,14,24-25H,4,6,9H2,1H3/t12-,14+/m0/s1. The summed E-state index contributed by atoms with van der Waals surface area (Å²) < 4.78 is 1.47. The van der Waals surface area contributed by atoms with Crippen LogP contribution in [0.1, 0.15) is 47.9 Å². The van der Waals surface area contributed by atoms with Gasteiger partial charge in [-0.15, -0.1) is 0 Å². The van der Waals surface area contributed by atoms with Crippen LogP contribution in [0.15, 0.2) is 30.3 Å². The number of aryl methyl sites for hydroxylation is 1. The second-order valence-electron chi connectivity index (χ2n) is 7.14. The summed E-state index contributed by atoms with van der Waals surface area (Å²) in [5.74, 6) is -0.0282. The van der Waals surface area contributed by atoms with E-state index in [1.165, 1.54) is 4.57 Å². The fraction of sp³-hybridized carbons (Fsp3) is 0.300. The molecule has 1 saturated carbocycles. The van der Waals surface area contributed by atoms with Crippen LogP contribution in [0.25, 0.3) is 16.6 Å². The molecule has 25 heavy (non-hydrogen) atoms. The first-order valence-electron chi connectivity index (χ1n) is 8.61. The predicted molar refractivity (Wildman–Crippen MR) is 93.5 cm³/mol. The van der Waals surface area contributed by atoms with Crippen LogP contribution in [0, 0.1) is 6.92 Å². The van der Waals surface area contributed by atoms with Crippen molar-refractivity contribution in [2.24, 2.45) is 0 Å². The van der Waals surface area contributed by atoms with E-state index in [1.54, 1.807) is 0 Å². The average molecular weight is 334 g/mol. The predicted octanol–water partition coefficient (Wildman–Crippen LogP) is 3.68. The van der Waals surface area contributed by atoms with Gasteiger partial charge < -0.3 is 10.2 Å². The Hall–Kier alpha value is -2.82. The first kappa shape index (κ1) is 14.5. The zero-order valence-electron chi connectivity index (χ0n) is 13.9. The molecule has 5 nitrogen and oxygen atoms in total. The van der Waals surface area contributed by atoms with Crippen LogP contribution >= 0.6 is 0 Å². The Labute approximate surface area is 144 Å². The van der Waals surface area contributed by atoms with Gasteiger partial charge in [-0.1, -0.05) is 6.07 Å². The number of carbonyl (C=O) groups is 1. The number of nitrogens with zero attached hydrogens (tertiary/aromatic N) is 2. The number of ketones is 1. The third kappa shape index (κ3) is 1.89. The number of carbonyl (C=O) groups excluding carboxylic acids is 1. The summed E-state index contributed by atoms with van der Waals surface area (Å²) in [4.78, 5) is 16.7. The summed E-state index contributed by atoms with van der Waals surface area (Å²) in [7, 11) is 0. The summed E-state index contributed by atoms with van der Waals surface area (Å²) in [6, 6.07) is 9.53. The fourth-order valence-electron chi connectivity index (χ4n) is 4.49. The lowest BCUT2D eigenvalue weighted by Gasteiger charge is -2.34. The van der Waals surface area contributed by atoms with Crippen molar-refractivity contribution in [2.45, 2.75) is 38.0 Å². The summed E-state index contributed by atoms with van der Waals surface area (Å²) in [6.45, 7) is 1.94. The van der Waals surface area contributed by atoms with Crippen molar-refractivity contribution in [3.63, 3.8) is 0 Å². The van der Waals surface area contributed by atoms with Crippen LogP contribution in [0.4, 0.5) is 0 Å². The molecule has 2 N–H and O–H groups in total. The zero-order chi connectivity index (χ0) is 17.3. The molecule has 2 bridgehead atoms. The van der Waals surface area contributed by atoms with E-state index in [0.29, 0.717) is 17.7 Å². The minimum atomic E-state index is -0.281. The topological polar surface area (TPSA) is 75.3 Å². The molecule has 0 radical (unpaired) electrons. The molecule has 5 heteroatoms. The summed E-state index contributed by atoms with van der Waals surface area (Å²) in [5, 5.41) is 22.5. The van der Waals surface area contributed by atoms with Gasteiger partial charge in [0.25, 0.3) is 0 Å². The molecular weight excluding hydrogens is 316 g/mol. The summed E-state index contributed by atoms with van der Waals surface area (Å²) >= 11 is 0. The lowest BCUT2D eigenvalue weighted by molar-refractivity contribution is -0.123. The zero-order valence-corrected chi connectivity index (χ0v) is 13.9. The van der Waals surface area contributed by atoms with Gasteiger partial charge in [-0.3, -0.25) is 14.3 Å². The maximum Gasteiger partial charge on any atom is 0.202 e. The van der Waals surface area contributed by atoms with Crippen molar-refractivity contribution in [1.29, 1.82) is 0 Å². The van der Waals surface area contributed by atoms with E-state index in [0.717, 1.165) is 35.0 Å². The molecule has 0 aliphatic heterocycles. The lowest BCUT2D eigenvalue weighted by Crippen LogP contribution is -2.28. The molecule has 0 unspecified atom stereocenters. The van der Waals surface area contributed by atoms with Crippen LogP contribution < -0.4 is 0 Å². The van der Waals surface area contributed by atoms with Gasteiger partial charge in [0.15, 0.2) is 0 Å². The van der Waals surface area contributed by atoms with Crippen LogP contribution in [0.2, 0.25) is 0 Å². The number of fused-ring (bicyclic) bond motifs is 3. The number of hydrogen-bond acceptors (Lipinski definition) is 4. The van der Waals surface area contributed by atoms with Gasteiger partial charge in [0.05, 0.1) is 11.2 Å². The number of aromatic hydroxyl groups is 2. The minimum Gasteiger partial charge on any atom is -0.494 e. The molecule has 3 aliphatic carbocycles. The molecule has 126 valence electrons. The van der Waals surface area contributed by atoms with Gasteiger partial charge in [0.1, 0.15) is 5.78 Å². The van der Waals surface area contributed by atoms with E-state index in [1.807, 2.05) is 37.3 Å². The molecule has 0 saturated heterocycles. The van der Waals surface area contributed by atoms with Crippen LogP contribution in [-0.2, 0) is 4.79 Å². The molecule has 0 amide bonds. The Morgan fingerprint density at radius 1 is 1.08 bits per heavy atom. The van der Waals surface area contributed by atoms with Gasteiger partial charge in [-0.2, -0.15) is 0 Å². The van der Waals surface area contributed by atoms with Crippen molar-refractivity contribution in [1.82, 2.24) is 9.55 Å². The molecule has 0 spiro atoms.